The summed E-state index contributed by atoms with van der Waals surface area (Å²) in [5, 5.41) is 0. The second-order valence-corrected chi connectivity index (χ2v) is 3.52. The molecule has 0 amide bonds. The monoisotopic (exact) mass is 169 g/mol. The van der Waals surface area contributed by atoms with Gasteiger partial charge in [0.15, 0.2) is 0 Å². The van der Waals surface area contributed by atoms with Crippen molar-refractivity contribution >= 4 is 5.78 Å². The van der Waals surface area contributed by atoms with Crippen molar-refractivity contribution in [3.63, 3.8) is 0 Å². The number of Topliss-reactive ketones (excluding diaryl/α,β-unsaturated/α-hetero) is 1. The number of hydrogen-bond acceptors (Lipinski definition) is 2. The molecule has 0 aliphatic rings. The van der Waals surface area contributed by atoms with E-state index in [4.69, 9.17) is 5.73 Å². The first-order valence-corrected chi connectivity index (χ1v) is 4.45. The van der Waals surface area contributed by atoms with Gasteiger partial charge in [0.1, 0.15) is 5.78 Å². The number of allylic oxidation sites excluding steroid dienone is 1. The first kappa shape index (κ1) is 11.4. The summed E-state index contributed by atoms with van der Waals surface area (Å²) in [6, 6.07) is 0. The first-order chi connectivity index (χ1) is 5.61. The zero-order chi connectivity index (χ0) is 9.56. The number of carbonyl (C=O) groups is 1. The van der Waals surface area contributed by atoms with Crippen molar-refractivity contribution in [2.45, 2.75) is 26.7 Å². The molecule has 0 bridgehead atoms. The van der Waals surface area contributed by atoms with E-state index in [0.29, 0.717) is 18.9 Å². The molecule has 0 aliphatic carbocycles. The van der Waals surface area contributed by atoms with E-state index in [1.54, 1.807) is 6.08 Å². The van der Waals surface area contributed by atoms with Crippen LogP contribution in [0.25, 0.3) is 0 Å². The average molecular weight is 169 g/mol. The Morgan fingerprint density at radius 1 is 1.58 bits per heavy atom. The van der Waals surface area contributed by atoms with Crippen LogP contribution in [0.4, 0.5) is 0 Å². The highest BCUT2D eigenvalue weighted by molar-refractivity contribution is 5.82. The molecule has 1 atom stereocenters. The Morgan fingerprint density at radius 2 is 2.17 bits per heavy atom. The topological polar surface area (TPSA) is 43.1 Å². The molecule has 0 aromatic carbocycles. The van der Waals surface area contributed by atoms with Crippen molar-refractivity contribution in [2.24, 2.45) is 17.6 Å². The number of rotatable bonds is 6. The molecule has 70 valence electrons. The van der Waals surface area contributed by atoms with Crippen LogP contribution in [0.1, 0.15) is 26.7 Å². The second-order valence-electron chi connectivity index (χ2n) is 3.52. The highest BCUT2D eigenvalue weighted by Crippen LogP contribution is 2.12. The molecule has 0 saturated heterocycles. The van der Waals surface area contributed by atoms with Crippen LogP contribution in [0.2, 0.25) is 0 Å². The quantitative estimate of drug-likeness (QED) is 0.616. The molecule has 0 heterocycles. The minimum Gasteiger partial charge on any atom is -0.330 e. The first-order valence-electron chi connectivity index (χ1n) is 4.45. The van der Waals surface area contributed by atoms with Crippen LogP contribution in [0.15, 0.2) is 12.7 Å². The average Bonchev–Trinajstić information content (AvgIpc) is 2.00. The molecule has 0 saturated carbocycles. The molecule has 2 heteroatoms. The van der Waals surface area contributed by atoms with Crippen LogP contribution in [-0.4, -0.2) is 12.3 Å². The van der Waals surface area contributed by atoms with Crippen molar-refractivity contribution < 1.29 is 4.79 Å². The summed E-state index contributed by atoms with van der Waals surface area (Å²) in [4.78, 5) is 11.4. The minimum atomic E-state index is 0.0306. The van der Waals surface area contributed by atoms with Gasteiger partial charge in [-0.3, -0.25) is 4.79 Å². The largest absolute Gasteiger partial charge is 0.330 e. The molecule has 0 aromatic rings. The third-order valence-corrected chi connectivity index (χ3v) is 1.84. The van der Waals surface area contributed by atoms with Gasteiger partial charge in [-0.1, -0.05) is 19.9 Å². The lowest BCUT2D eigenvalue weighted by Crippen LogP contribution is -2.24. The van der Waals surface area contributed by atoms with E-state index in [1.165, 1.54) is 0 Å². The highest BCUT2D eigenvalue weighted by Gasteiger charge is 2.16. The maximum absolute atomic E-state index is 11.4. The van der Waals surface area contributed by atoms with Crippen molar-refractivity contribution in [3.8, 4) is 0 Å². The lowest BCUT2D eigenvalue weighted by Gasteiger charge is -2.14. The molecule has 0 rings (SSSR count). The lowest BCUT2D eigenvalue weighted by atomic mass is 9.92. The van der Waals surface area contributed by atoms with Gasteiger partial charge in [0, 0.05) is 18.9 Å². The van der Waals surface area contributed by atoms with Gasteiger partial charge in [0.05, 0.1) is 0 Å². The smallest absolute Gasteiger partial charge is 0.140 e. The Kier molecular flexibility index (Phi) is 5.64. The number of carbonyl (C=O) groups excluding carboxylic acids is 1. The summed E-state index contributed by atoms with van der Waals surface area (Å²) >= 11 is 0. The van der Waals surface area contributed by atoms with E-state index in [0.717, 1.165) is 6.42 Å². The van der Waals surface area contributed by atoms with Crippen LogP contribution >= 0.6 is 0 Å². The lowest BCUT2D eigenvalue weighted by molar-refractivity contribution is -0.122. The second kappa shape index (κ2) is 5.95. The molecule has 0 aromatic heterocycles. The molecule has 0 fully saturated rings. The summed E-state index contributed by atoms with van der Waals surface area (Å²) in [6.07, 6.45) is 2.99. The number of hydrogen-bond donors (Lipinski definition) is 1. The van der Waals surface area contributed by atoms with E-state index in [9.17, 15) is 4.79 Å². The van der Waals surface area contributed by atoms with Gasteiger partial charge >= 0.3 is 0 Å². The fraction of sp³-hybridized carbons (Fsp3) is 0.700. The SMILES string of the molecule is C=CCC(=O)C(CN)CC(C)C. The Balaban J connectivity index is 3.95. The van der Waals surface area contributed by atoms with Crippen molar-refractivity contribution in [1.82, 2.24) is 0 Å². The van der Waals surface area contributed by atoms with Gasteiger partial charge in [0.25, 0.3) is 0 Å². The molecule has 2 nitrogen and oxygen atoms in total. The maximum Gasteiger partial charge on any atom is 0.140 e. The fourth-order valence-electron chi connectivity index (χ4n) is 1.24. The number of ketones is 1. The van der Waals surface area contributed by atoms with Crippen molar-refractivity contribution in [2.75, 3.05) is 6.54 Å². The Hall–Kier alpha value is -0.630. The predicted octanol–water partition coefficient (Wildman–Crippen LogP) is 1.75. The van der Waals surface area contributed by atoms with E-state index >= 15 is 0 Å². The van der Waals surface area contributed by atoms with E-state index in [2.05, 4.69) is 20.4 Å². The standard InChI is InChI=1S/C10H19NO/c1-4-5-10(12)9(7-11)6-8(2)3/h4,8-9H,1,5-7,11H2,2-3H3. The predicted molar refractivity (Wildman–Crippen MR) is 51.8 cm³/mol. The van der Waals surface area contributed by atoms with Gasteiger partial charge in [-0.05, 0) is 12.3 Å². The normalized spacial score (nSPS) is 13.0. The third kappa shape index (κ3) is 4.29. The van der Waals surface area contributed by atoms with E-state index in [1.807, 2.05) is 0 Å². The Morgan fingerprint density at radius 3 is 2.50 bits per heavy atom. The fourth-order valence-corrected chi connectivity index (χ4v) is 1.24. The molecule has 0 aliphatic heterocycles. The van der Waals surface area contributed by atoms with Gasteiger partial charge < -0.3 is 5.73 Å². The minimum absolute atomic E-state index is 0.0306. The summed E-state index contributed by atoms with van der Waals surface area (Å²) in [5.74, 6) is 0.788. The van der Waals surface area contributed by atoms with Gasteiger partial charge in [-0.25, -0.2) is 0 Å². The summed E-state index contributed by atoms with van der Waals surface area (Å²) < 4.78 is 0. The third-order valence-electron chi connectivity index (χ3n) is 1.84. The summed E-state index contributed by atoms with van der Waals surface area (Å²) in [7, 11) is 0. The van der Waals surface area contributed by atoms with Crippen molar-refractivity contribution in [3.05, 3.63) is 12.7 Å². The molecule has 0 radical (unpaired) electrons. The molecule has 2 N–H and O–H groups in total. The van der Waals surface area contributed by atoms with Crippen LogP contribution in [0.5, 0.6) is 0 Å². The van der Waals surface area contributed by atoms with Crippen LogP contribution in [0.3, 0.4) is 0 Å². The van der Waals surface area contributed by atoms with Crippen molar-refractivity contribution in [1.29, 1.82) is 0 Å². The molecular weight excluding hydrogens is 150 g/mol. The molecular formula is C10H19NO. The number of nitrogens with two attached hydrogens (primary N) is 1. The maximum atomic E-state index is 11.4. The zero-order valence-electron chi connectivity index (χ0n) is 8.05. The summed E-state index contributed by atoms with van der Waals surface area (Å²) in [6.45, 7) is 8.20. The summed E-state index contributed by atoms with van der Waals surface area (Å²) in [5.41, 5.74) is 5.50. The Labute approximate surface area is 74.8 Å². The van der Waals surface area contributed by atoms with E-state index < -0.39 is 0 Å². The van der Waals surface area contributed by atoms with Crippen LogP contribution in [0, 0.1) is 11.8 Å². The van der Waals surface area contributed by atoms with E-state index in [-0.39, 0.29) is 11.7 Å². The van der Waals surface area contributed by atoms with Gasteiger partial charge in [0.2, 0.25) is 0 Å². The van der Waals surface area contributed by atoms with Crippen LogP contribution in [-0.2, 0) is 4.79 Å². The highest BCUT2D eigenvalue weighted by atomic mass is 16.1. The molecule has 12 heavy (non-hydrogen) atoms. The zero-order valence-corrected chi connectivity index (χ0v) is 8.05. The molecule has 1 unspecified atom stereocenters. The Bertz CT molecular complexity index is 152. The van der Waals surface area contributed by atoms with Gasteiger partial charge in [-0.15, -0.1) is 6.58 Å². The van der Waals surface area contributed by atoms with Gasteiger partial charge in [-0.2, -0.15) is 0 Å². The molecule has 0 spiro atoms. The van der Waals surface area contributed by atoms with Crippen LogP contribution < -0.4 is 5.73 Å².